The van der Waals surface area contributed by atoms with Crippen molar-refractivity contribution in [2.45, 2.75) is 27.3 Å². The molecule has 4 aromatic rings. The molecular weight excluding hydrogens is 316 g/mol. The molecule has 0 aliphatic rings. The average Bonchev–Trinajstić information content (AvgIpc) is 3.13. The van der Waals surface area contributed by atoms with Crippen LogP contribution in [-0.4, -0.2) is 14.8 Å². The van der Waals surface area contributed by atoms with Gasteiger partial charge in [0, 0.05) is 24.7 Å². The summed E-state index contributed by atoms with van der Waals surface area (Å²) in [5, 5.41) is 9.25. The van der Waals surface area contributed by atoms with Crippen molar-refractivity contribution >= 4 is 37.6 Å². The molecule has 0 unspecified atom stereocenters. The van der Waals surface area contributed by atoms with E-state index in [0.29, 0.717) is 0 Å². The highest BCUT2D eigenvalue weighted by atomic mass is 32.1. The smallest absolute Gasteiger partial charge is 0.166 e. The van der Waals surface area contributed by atoms with Crippen LogP contribution in [0.1, 0.15) is 25.1 Å². The van der Waals surface area contributed by atoms with Gasteiger partial charge in [0.25, 0.3) is 0 Å². The van der Waals surface area contributed by atoms with Crippen LogP contribution in [0.5, 0.6) is 0 Å². The van der Waals surface area contributed by atoms with E-state index in [0.717, 1.165) is 28.4 Å². The van der Waals surface area contributed by atoms with E-state index in [2.05, 4.69) is 51.8 Å². The Labute approximate surface area is 146 Å². The van der Waals surface area contributed by atoms with Crippen LogP contribution in [0.15, 0.2) is 42.5 Å². The maximum absolute atomic E-state index is 4.64. The summed E-state index contributed by atoms with van der Waals surface area (Å²) in [6.07, 6.45) is 0. The van der Waals surface area contributed by atoms with Gasteiger partial charge < -0.3 is 5.32 Å². The van der Waals surface area contributed by atoms with Gasteiger partial charge in [0.1, 0.15) is 4.83 Å². The Bertz CT molecular complexity index is 954. The molecule has 3 aromatic heterocycles. The third-order valence-electron chi connectivity index (χ3n) is 3.76. The maximum atomic E-state index is 4.64. The molecule has 124 valence electrons. The fourth-order valence-electron chi connectivity index (χ4n) is 2.68. The van der Waals surface area contributed by atoms with Gasteiger partial charge in [-0.15, -0.1) is 11.3 Å². The molecule has 1 aromatic carbocycles. The fraction of sp³-hybridized carbons (Fsp3) is 0.263. The highest BCUT2D eigenvalue weighted by Gasteiger charge is 2.15. The third-order valence-corrected chi connectivity index (χ3v) is 4.86. The first kappa shape index (κ1) is 16.5. The van der Waals surface area contributed by atoms with Crippen molar-refractivity contribution in [1.82, 2.24) is 14.8 Å². The number of anilines is 1. The zero-order valence-corrected chi connectivity index (χ0v) is 15.3. The average molecular weight is 338 g/mol. The van der Waals surface area contributed by atoms with E-state index in [-0.39, 0.29) is 0 Å². The number of aryl methyl sites for hydroxylation is 2. The Hall–Kier alpha value is -2.40. The number of hydrogen-bond donors (Lipinski definition) is 1. The zero-order chi connectivity index (χ0) is 17.1. The van der Waals surface area contributed by atoms with Crippen molar-refractivity contribution in [1.29, 1.82) is 0 Å². The van der Waals surface area contributed by atoms with E-state index in [1.165, 1.54) is 15.6 Å². The van der Waals surface area contributed by atoms with Crippen LogP contribution in [0.25, 0.3) is 20.4 Å². The van der Waals surface area contributed by atoms with Crippen molar-refractivity contribution in [3.63, 3.8) is 0 Å². The minimum absolute atomic E-state index is 0.771. The standard InChI is InChI=1S/C17H16N4S.C2H6/c1-11-8-9-13-14-15(22-17(13)19-11)16(20-21(14)2)18-10-12-6-4-3-5-7-12;1-2/h3-9H,10H2,1-2H3,(H,18,20);1-2H3. The second-order valence-electron chi connectivity index (χ2n) is 5.40. The van der Waals surface area contributed by atoms with Crippen molar-refractivity contribution in [2.75, 3.05) is 5.32 Å². The number of thiophene rings is 1. The molecule has 0 bridgehead atoms. The van der Waals surface area contributed by atoms with Gasteiger partial charge in [0.2, 0.25) is 0 Å². The van der Waals surface area contributed by atoms with E-state index in [1.54, 1.807) is 11.3 Å². The Kier molecular flexibility index (Phi) is 4.81. The molecule has 0 saturated carbocycles. The lowest BCUT2D eigenvalue weighted by atomic mass is 10.2. The number of nitrogens with zero attached hydrogens (tertiary/aromatic N) is 3. The predicted octanol–water partition coefficient (Wildman–Crippen LogP) is 5.13. The van der Waals surface area contributed by atoms with Gasteiger partial charge in [-0.2, -0.15) is 5.10 Å². The van der Waals surface area contributed by atoms with E-state index in [1.807, 2.05) is 38.6 Å². The van der Waals surface area contributed by atoms with Crippen LogP contribution in [0.3, 0.4) is 0 Å². The lowest BCUT2D eigenvalue weighted by Crippen LogP contribution is -2.00. The topological polar surface area (TPSA) is 42.7 Å². The van der Waals surface area contributed by atoms with Crippen molar-refractivity contribution in [3.8, 4) is 0 Å². The first-order valence-corrected chi connectivity index (χ1v) is 9.04. The van der Waals surface area contributed by atoms with E-state index in [9.17, 15) is 0 Å². The summed E-state index contributed by atoms with van der Waals surface area (Å²) in [5.74, 6) is 0.932. The molecule has 0 saturated heterocycles. The Morgan fingerprint density at radius 2 is 1.83 bits per heavy atom. The zero-order valence-electron chi connectivity index (χ0n) is 14.5. The SMILES string of the molecule is CC.Cc1ccc2c(n1)sc1c(NCc3ccccc3)nn(C)c12. The molecule has 3 heterocycles. The van der Waals surface area contributed by atoms with Crippen LogP contribution in [-0.2, 0) is 13.6 Å². The Balaban J connectivity index is 0.000000815. The van der Waals surface area contributed by atoms with Gasteiger partial charge in [-0.3, -0.25) is 4.68 Å². The maximum Gasteiger partial charge on any atom is 0.166 e. The summed E-state index contributed by atoms with van der Waals surface area (Å²) in [5.41, 5.74) is 3.45. The monoisotopic (exact) mass is 338 g/mol. The molecule has 0 aliphatic heterocycles. The molecule has 24 heavy (non-hydrogen) atoms. The number of fused-ring (bicyclic) bond motifs is 3. The largest absolute Gasteiger partial charge is 0.363 e. The number of nitrogens with one attached hydrogen (secondary N) is 1. The number of pyridine rings is 1. The van der Waals surface area contributed by atoms with Crippen LogP contribution >= 0.6 is 11.3 Å². The number of aromatic nitrogens is 3. The highest BCUT2D eigenvalue weighted by Crippen LogP contribution is 2.37. The van der Waals surface area contributed by atoms with Crippen molar-refractivity contribution in [2.24, 2.45) is 7.05 Å². The molecule has 0 amide bonds. The highest BCUT2D eigenvalue weighted by molar-refractivity contribution is 7.26. The summed E-state index contributed by atoms with van der Waals surface area (Å²) in [4.78, 5) is 5.71. The van der Waals surface area contributed by atoms with Crippen molar-refractivity contribution in [3.05, 3.63) is 53.7 Å². The Morgan fingerprint density at radius 3 is 2.58 bits per heavy atom. The van der Waals surface area contributed by atoms with Gasteiger partial charge in [0.15, 0.2) is 5.82 Å². The minimum Gasteiger partial charge on any atom is -0.363 e. The van der Waals surface area contributed by atoms with E-state index in [4.69, 9.17) is 0 Å². The molecular formula is C19H22N4S. The summed E-state index contributed by atoms with van der Waals surface area (Å²) in [6, 6.07) is 14.6. The van der Waals surface area contributed by atoms with Gasteiger partial charge in [-0.1, -0.05) is 44.2 Å². The molecule has 0 aliphatic carbocycles. The molecule has 1 N–H and O–H groups in total. The molecule has 0 fully saturated rings. The second kappa shape index (κ2) is 7.01. The normalized spacial score (nSPS) is 10.7. The number of rotatable bonds is 3. The van der Waals surface area contributed by atoms with Gasteiger partial charge in [-0.25, -0.2) is 4.98 Å². The van der Waals surface area contributed by atoms with Crippen LogP contribution in [0, 0.1) is 6.92 Å². The van der Waals surface area contributed by atoms with Crippen LogP contribution in [0.2, 0.25) is 0 Å². The van der Waals surface area contributed by atoms with Gasteiger partial charge >= 0.3 is 0 Å². The first-order valence-electron chi connectivity index (χ1n) is 8.23. The molecule has 0 atom stereocenters. The lowest BCUT2D eigenvalue weighted by molar-refractivity contribution is 0.799. The first-order chi connectivity index (χ1) is 11.7. The molecule has 5 heteroatoms. The van der Waals surface area contributed by atoms with Gasteiger partial charge in [-0.05, 0) is 24.6 Å². The minimum atomic E-state index is 0.771. The summed E-state index contributed by atoms with van der Waals surface area (Å²) < 4.78 is 3.12. The van der Waals surface area contributed by atoms with Gasteiger partial charge in [0.05, 0.1) is 10.2 Å². The van der Waals surface area contributed by atoms with Crippen LogP contribution in [0.4, 0.5) is 5.82 Å². The fourth-order valence-corrected chi connectivity index (χ4v) is 3.89. The van der Waals surface area contributed by atoms with E-state index >= 15 is 0 Å². The number of hydrogen-bond acceptors (Lipinski definition) is 4. The molecule has 4 rings (SSSR count). The van der Waals surface area contributed by atoms with Crippen molar-refractivity contribution < 1.29 is 0 Å². The second-order valence-corrected chi connectivity index (χ2v) is 6.40. The lowest BCUT2D eigenvalue weighted by Gasteiger charge is -2.02. The summed E-state index contributed by atoms with van der Waals surface area (Å²) in [7, 11) is 1.99. The third kappa shape index (κ3) is 2.99. The molecule has 0 radical (unpaired) electrons. The quantitative estimate of drug-likeness (QED) is 0.563. The predicted molar refractivity (Wildman–Crippen MR) is 104 cm³/mol. The molecule has 0 spiro atoms. The summed E-state index contributed by atoms with van der Waals surface area (Å²) >= 11 is 1.70. The van der Waals surface area contributed by atoms with Crippen LogP contribution < -0.4 is 5.32 Å². The Morgan fingerprint density at radius 1 is 1.08 bits per heavy atom. The summed E-state index contributed by atoms with van der Waals surface area (Å²) in [6.45, 7) is 6.80. The van der Waals surface area contributed by atoms with E-state index < -0.39 is 0 Å². The number of benzene rings is 1. The molecule has 4 nitrogen and oxygen atoms in total.